The smallest absolute Gasteiger partial charge is 0.220 e. The van der Waals surface area contributed by atoms with E-state index < -0.39 is 0 Å². The zero-order valence-electron chi connectivity index (χ0n) is 17.6. The van der Waals surface area contributed by atoms with E-state index >= 15 is 0 Å². The highest BCUT2D eigenvalue weighted by atomic mass is 16.5. The number of benzene rings is 2. The molecule has 0 aliphatic heterocycles. The molecule has 1 amide bonds. The fourth-order valence-electron chi connectivity index (χ4n) is 2.85. The van der Waals surface area contributed by atoms with E-state index in [1.54, 1.807) is 0 Å². The maximum Gasteiger partial charge on any atom is 0.220 e. The van der Waals surface area contributed by atoms with Gasteiger partial charge < -0.3 is 19.5 Å². The Balaban J connectivity index is 1.58. The normalized spacial score (nSPS) is 10.7. The summed E-state index contributed by atoms with van der Waals surface area (Å²) in [7, 11) is 0. The van der Waals surface area contributed by atoms with E-state index in [0.29, 0.717) is 46.0 Å². The van der Waals surface area contributed by atoms with Crippen molar-refractivity contribution in [3.8, 4) is 5.75 Å². The number of carbonyl (C=O) groups is 1. The predicted octanol–water partition coefficient (Wildman–Crippen LogP) is 4.41. The van der Waals surface area contributed by atoms with Gasteiger partial charge >= 0.3 is 0 Å². The minimum Gasteiger partial charge on any atom is -0.494 e. The summed E-state index contributed by atoms with van der Waals surface area (Å²) in [6.45, 7) is 7.63. The van der Waals surface area contributed by atoms with Gasteiger partial charge in [-0.2, -0.15) is 0 Å². The van der Waals surface area contributed by atoms with Gasteiger partial charge in [-0.1, -0.05) is 36.4 Å². The first-order valence-corrected chi connectivity index (χ1v) is 10.4. The van der Waals surface area contributed by atoms with Crippen LogP contribution in [0.4, 0.5) is 0 Å². The predicted molar refractivity (Wildman–Crippen MR) is 115 cm³/mol. The lowest BCUT2D eigenvalue weighted by Gasteiger charge is -2.09. The monoisotopic (exact) mass is 399 g/mol. The molecule has 5 heteroatoms. The summed E-state index contributed by atoms with van der Waals surface area (Å²) in [5.74, 6) is 0.954. The van der Waals surface area contributed by atoms with Gasteiger partial charge in [-0.25, -0.2) is 0 Å². The van der Waals surface area contributed by atoms with E-state index in [1.807, 2.05) is 56.3 Å². The molecule has 29 heavy (non-hydrogen) atoms. The minimum absolute atomic E-state index is 0.0684. The van der Waals surface area contributed by atoms with Crippen LogP contribution in [0.2, 0.25) is 0 Å². The van der Waals surface area contributed by atoms with Crippen LogP contribution in [0, 0.1) is 6.92 Å². The molecule has 0 fully saturated rings. The van der Waals surface area contributed by atoms with E-state index in [9.17, 15) is 4.79 Å². The van der Waals surface area contributed by atoms with Crippen molar-refractivity contribution in [3.63, 3.8) is 0 Å². The van der Waals surface area contributed by atoms with Gasteiger partial charge in [0.2, 0.25) is 5.91 Å². The maximum atomic E-state index is 12.1. The third-order valence-electron chi connectivity index (χ3n) is 4.38. The molecule has 0 unspecified atom stereocenters. The van der Waals surface area contributed by atoms with E-state index in [0.717, 1.165) is 29.7 Å². The summed E-state index contributed by atoms with van der Waals surface area (Å²) >= 11 is 0. The number of aryl methyl sites for hydroxylation is 1. The van der Waals surface area contributed by atoms with E-state index in [4.69, 9.17) is 14.2 Å². The van der Waals surface area contributed by atoms with Crippen molar-refractivity contribution in [3.05, 3.63) is 65.2 Å². The highest BCUT2D eigenvalue weighted by Crippen LogP contribution is 2.13. The van der Waals surface area contributed by atoms with Crippen LogP contribution >= 0.6 is 0 Å². The maximum absolute atomic E-state index is 12.1. The van der Waals surface area contributed by atoms with Crippen LogP contribution < -0.4 is 10.1 Å². The van der Waals surface area contributed by atoms with Crippen LogP contribution in [0.25, 0.3) is 0 Å². The summed E-state index contributed by atoms with van der Waals surface area (Å²) in [6.07, 6.45) is 2.18. The molecule has 0 atom stereocenters. The Hall–Kier alpha value is -2.37. The Labute approximate surface area is 174 Å². The highest BCUT2D eigenvalue weighted by Gasteiger charge is 2.03. The van der Waals surface area contributed by atoms with Crippen LogP contribution in [0.3, 0.4) is 0 Å². The number of amides is 1. The van der Waals surface area contributed by atoms with Crippen LogP contribution in [-0.2, 0) is 27.4 Å². The molecule has 1 N–H and O–H groups in total. The first kappa shape index (κ1) is 22.9. The van der Waals surface area contributed by atoms with Gasteiger partial charge in [-0.05, 0) is 55.5 Å². The highest BCUT2D eigenvalue weighted by molar-refractivity contribution is 5.75. The molecule has 0 radical (unpaired) electrons. The lowest BCUT2D eigenvalue weighted by Crippen LogP contribution is -2.22. The zero-order chi connectivity index (χ0) is 20.7. The number of rotatable bonds is 14. The number of nitrogens with one attached hydrogen (secondary N) is 1. The minimum atomic E-state index is 0.0684. The summed E-state index contributed by atoms with van der Waals surface area (Å²) in [6, 6.07) is 16.1. The van der Waals surface area contributed by atoms with Crippen molar-refractivity contribution in [1.29, 1.82) is 0 Å². The molecular formula is C24H33NO4. The summed E-state index contributed by atoms with van der Waals surface area (Å²) in [4.78, 5) is 12.1. The van der Waals surface area contributed by atoms with Gasteiger partial charge in [0.25, 0.3) is 0 Å². The molecule has 158 valence electrons. The topological polar surface area (TPSA) is 56.8 Å². The van der Waals surface area contributed by atoms with Gasteiger partial charge in [0.1, 0.15) is 5.75 Å². The molecule has 2 aromatic rings. The fourth-order valence-corrected chi connectivity index (χ4v) is 2.85. The second-order valence-corrected chi connectivity index (χ2v) is 6.97. The Morgan fingerprint density at radius 2 is 1.72 bits per heavy atom. The Kier molecular flexibility index (Phi) is 10.9. The number of ether oxygens (including phenoxy) is 3. The van der Waals surface area contributed by atoms with Crippen molar-refractivity contribution in [1.82, 2.24) is 5.32 Å². The number of hydrogen-bond acceptors (Lipinski definition) is 4. The molecule has 0 bridgehead atoms. The van der Waals surface area contributed by atoms with E-state index in [-0.39, 0.29) is 5.91 Å². The molecule has 0 aliphatic rings. The summed E-state index contributed by atoms with van der Waals surface area (Å²) < 4.78 is 16.6. The third-order valence-corrected chi connectivity index (χ3v) is 4.38. The molecule has 0 aliphatic carbocycles. The van der Waals surface area contributed by atoms with Gasteiger partial charge in [-0.15, -0.1) is 0 Å². The quantitative estimate of drug-likeness (QED) is 0.478. The number of carbonyl (C=O) groups excluding carboxylic acids is 1. The zero-order valence-corrected chi connectivity index (χ0v) is 17.6. The molecule has 2 rings (SSSR count). The lowest BCUT2D eigenvalue weighted by atomic mass is 10.1. The molecule has 0 spiro atoms. The third kappa shape index (κ3) is 10.1. The van der Waals surface area contributed by atoms with Gasteiger partial charge in [-0.3, -0.25) is 4.79 Å². The van der Waals surface area contributed by atoms with Gasteiger partial charge in [0.15, 0.2) is 0 Å². The van der Waals surface area contributed by atoms with Crippen molar-refractivity contribution in [2.45, 2.75) is 46.3 Å². The molecule has 0 aromatic heterocycles. The molecule has 0 saturated carbocycles. The van der Waals surface area contributed by atoms with Crippen LogP contribution in [0.1, 0.15) is 42.9 Å². The van der Waals surface area contributed by atoms with Crippen LogP contribution in [0.5, 0.6) is 5.75 Å². The van der Waals surface area contributed by atoms with Crippen molar-refractivity contribution in [2.75, 3.05) is 26.4 Å². The van der Waals surface area contributed by atoms with Gasteiger partial charge in [0.05, 0.1) is 26.4 Å². The Bertz CT molecular complexity index is 732. The summed E-state index contributed by atoms with van der Waals surface area (Å²) in [5, 5.41) is 2.99. The second-order valence-electron chi connectivity index (χ2n) is 6.97. The molecule has 0 saturated heterocycles. The number of unbranched alkanes of at least 4 members (excludes halogenated alkanes) is 1. The van der Waals surface area contributed by atoms with Crippen molar-refractivity contribution >= 4 is 5.91 Å². The summed E-state index contributed by atoms with van der Waals surface area (Å²) in [5.41, 5.74) is 3.36. The Morgan fingerprint density at radius 1 is 0.931 bits per heavy atom. The van der Waals surface area contributed by atoms with E-state index in [2.05, 4.69) is 11.4 Å². The SMILES string of the molecule is CCOCCOCc1cccc(CNC(=O)CCCCOc2cccc(C)c2)c1. The second kappa shape index (κ2) is 13.7. The molecular weight excluding hydrogens is 366 g/mol. The largest absolute Gasteiger partial charge is 0.494 e. The molecule has 2 aromatic carbocycles. The molecule has 0 heterocycles. The first-order chi connectivity index (χ1) is 14.2. The van der Waals surface area contributed by atoms with Gasteiger partial charge in [0, 0.05) is 19.6 Å². The van der Waals surface area contributed by atoms with E-state index in [1.165, 1.54) is 5.56 Å². The molecule has 5 nitrogen and oxygen atoms in total. The van der Waals surface area contributed by atoms with Crippen LogP contribution in [0.15, 0.2) is 48.5 Å². The fraction of sp³-hybridized carbons (Fsp3) is 0.458. The number of hydrogen-bond donors (Lipinski definition) is 1. The average molecular weight is 400 g/mol. The van der Waals surface area contributed by atoms with Crippen molar-refractivity contribution in [2.24, 2.45) is 0 Å². The van der Waals surface area contributed by atoms with Crippen LogP contribution in [-0.4, -0.2) is 32.3 Å². The first-order valence-electron chi connectivity index (χ1n) is 10.4. The standard InChI is InChI=1S/C24H33NO4/c1-3-27-14-15-28-19-22-10-7-9-21(17-22)18-25-24(26)12-4-5-13-29-23-11-6-8-20(2)16-23/h6-11,16-17H,3-5,12-15,18-19H2,1-2H3,(H,25,26). The average Bonchev–Trinajstić information content (AvgIpc) is 2.72. The van der Waals surface area contributed by atoms with Crippen molar-refractivity contribution < 1.29 is 19.0 Å². The Morgan fingerprint density at radius 3 is 2.55 bits per heavy atom. The lowest BCUT2D eigenvalue weighted by molar-refractivity contribution is -0.121.